The molecule has 4 aromatic carbocycles. The summed E-state index contributed by atoms with van der Waals surface area (Å²) < 4.78 is 0. The van der Waals surface area contributed by atoms with Gasteiger partial charge in [0.25, 0.3) is 0 Å². The standard InChI is InChI=1S/2C12H10O.2C5H5.Zr/c2*13-12-8-4-7-11(9-12)10-5-2-1-3-6-10;2*1-2-4-5-3-1;/h2*1-9,13H;2*1-3H,4H2;/q;;2*-1;+2. The Labute approximate surface area is 239 Å². The van der Waals surface area contributed by atoms with Crippen molar-refractivity contribution in [3.8, 4) is 33.8 Å². The fourth-order valence-corrected chi connectivity index (χ4v) is 3.31. The normalized spacial score (nSPS) is 11.7. The van der Waals surface area contributed by atoms with Gasteiger partial charge in [0.15, 0.2) is 0 Å². The summed E-state index contributed by atoms with van der Waals surface area (Å²) in [6.45, 7) is 0. The van der Waals surface area contributed by atoms with Gasteiger partial charge in [0.05, 0.1) is 0 Å². The van der Waals surface area contributed by atoms with Crippen molar-refractivity contribution < 1.29 is 36.4 Å². The van der Waals surface area contributed by atoms with E-state index in [4.69, 9.17) is 0 Å². The van der Waals surface area contributed by atoms with Gasteiger partial charge in [-0.1, -0.05) is 84.9 Å². The second kappa shape index (κ2) is 17.7. The molecular formula is C34H30O2Zr. The first-order valence-corrected chi connectivity index (χ1v) is 11.8. The van der Waals surface area contributed by atoms with E-state index in [2.05, 4.69) is 24.3 Å². The maximum absolute atomic E-state index is 9.27. The molecule has 0 saturated carbocycles. The minimum absolute atomic E-state index is 0. The van der Waals surface area contributed by atoms with Crippen LogP contribution in [0.2, 0.25) is 0 Å². The Morgan fingerprint density at radius 3 is 1.11 bits per heavy atom. The van der Waals surface area contributed by atoms with E-state index in [-0.39, 0.29) is 26.2 Å². The molecule has 0 aromatic heterocycles. The molecule has 6 rings (SSSR count). The minimum atomic E-state index is 0. The van der Waals surface area contributed by atoms with Gasteiger partial charge in [0.1, 0.15) is 11.5 Å². The number of aromatic hydroxyl groups is 2. The van der Waals surface area contributed by atoms with Gasteiger partial charge < -0.3 is 10.2 Å². The Hall–Kier alpha value is -3.68. The molecule has 2 N–H and O–H groups in total. The molecule has 182 valence electrons. The molecule has 0 bridgehead atoms. The summed E-state index contributed by atoms with van der Waals surface area (Å²) in [7, 11) is 0. The number of rotatable bonds is 2. The largest absolute Gasteiger partial charge is 2.00 e. The van der Waals surface area contributed by atoms with Crippen molar-refractivity contribution >= 4 is 0 Å². The van der Waals surface area contributed by atoms with Crippen molar-refractivity contribution in [1.82, 2.24) is 0 Å². The van der Waals surface area contributed by atoms with Crippen LogP contribution in [0, 0.1) is 12.2 Å². The Balaban J connectivity index is 0.000000187. The zero-order valence-corrected chi connectivity index (χ0v) is 23.1. The van der Waals surface area contributed by atoms with Crippen LogP contribution in [0.15, 0.2) is 146 Å². The minimum Gasteiger partial charge on any atom is -0.508 e. The second-order valence-electron chi connectivity index (χ2n) is 7.84. The molecule has 0 amide bonds. The topological polar surface area (TPSA) is 40.5 Å². The van der Waals surface area contributed by atoms with E-state index in [9.17, 15) is 10.2 Å². The molecule has 0 atom stereocenters. The Bertz CT molecular complexity index is 1170. The first-order chi connectivity index (χ1) is 17.7. The SMILES string of the molecule is Oc1cccc(-c2ccccc2)c1.Oc1cccc(-c2ccccc2)c1.[C-]1=CC=CC1.[C-]1=CC=CC1.[Zr+2]. The summed E-state index contributed by atoms with van der Waals surface area (Å²) in [5.41, 5.74) is 4.33. The zero-order valence-electron chi connectivity index (χ0n) is 20.7. The molecule has 0 radical (unpaired) electrons. The van der Waals surface area contributed by atoms with E-state index < -0.39 is 0 Å². The van der Waals surface area contributed by atoms with E-state index in [0.717, 1.165) is 35.1 Å². The average Bonchev–Trinajstić information content (AvgIpc) is 3.70. The molecule has 2 aliphatic rings. The van der Waals surface area contributed by atoms with Gasteiger partial charge >= 0.3 is 26.2 Å². The van der Waals surface area contributed by atoms with E-state index in [0.29, 0.717) is 11.5 Å². The summed E-state index contributed by atoms with van der Waals surface area (Å²) in [5.74, 6) is 0.614. The van der Waals surface area contributed by atoms with Gasteiger partial charge in [-0.05, 0) is 46.5 Å². The molecule has 37 heavy (non-hydrogen) atoms. The van der Waals surface area contributed by atoms with Gasteiger partial charge in [0.2, 0.25) is 0 Å². The third kappa shape index (κ3) is 11.7. The maximum atomic E-state index is 9.27. The monoisotopic (exact) mass is 560 g/mol. The van der Waals surface area contributed by atoms with Crippen LogP contribution in [-0.2, 0) is 26.2 Å². The smallest absolute Gasteiger partial charge is 0.508 e. The summed E-state index contributed by atoms with van der Waals surface area (Å²) in [6, 6.07) is 34.5. The van der Waals surface area contributed by atoms with E-state index in [1.54, 1.807) is 24.3 Å². The van der Waals surface area contributed by atoms with Crippen LogP contribution in [0.1, 0.15) is 12.8 Å². The van der Waals surface area contributed by atoms with Crippen LogP contribution < -0.4 is 0 Å². The van der Waals surface area contributed by atoms with Crippen LogP contribution in [0.4, 0.5) is 0 Å². The molecule has 4 aromatic rings. The van der Waals surface area contributed by atoms with Crippen molar-refractivity contribution in [2.24, 2.45) is 0 Å². The van der Waals surface area contributed by atoms with Crippen molar-refractivity contribution in [2.75, 3.05) is 0 Å². The van der Waals surface area contributed by atoms with Crippen molar-refractivity contribution in [2.45, 2.75) is 12.8 Å². The van der Waals surface area contributed by atoms with Gasteiger partial charge in [-0.2, -0.15) is 12.2 Å². The number of hydrogen-bond acceptors (Lipinski definition) is 2. The predicted molar refractivity (Wildman–Crippen MR) is 150 cm³/mol. The predicted octanol–water partition coefficient (Wildman–Crippen LogP) is 8.73. The van der Waals surface area contributed by atoms with Crippen molar-refractivity contribution in [3.63, 3.8) is 0 Å². The van der Waals surface area contributed by atoms with E-state index in [1.807, 2.05) is 109 Å². The van der Waals surface area contributed by atoms with E-state index in [1.165, 1.54) is 0 Å². The van der Waals surface area contributed by atoms with Gasteiger partial charge in [-0.3, -0.25) is 12.2 Å². The molecule has 0 spiro atoms. The first-order valence-electron chi connectivity index (χ1n) is 11.8. The molecule has 3 heteroatoms. The van der Waals surface area contributed by atoms with Crippen LogP contribution in [0.25, 0.3) is 22.3 Å². The summed E-state index contributed by atoms with van der Waals surface area (Å²) in [5, 5.41) is 18.5. The van der Waals surface area contributed by atoms with Crippen LogP contribution in [0.5, 0.6) is 11.5 Å². The van der Waals surface area contributed by atoms with Crippen molar-refractivity contribution in [3.05, 3.63) is 158 Å². The van der Waals surface area contributed by atoms with Crippen LogP contribution >= 0.6 is 0 Å². The Morgan fingerprint density at radius 2 is 0.838 bits per heavy atom. The second-order valence-corrected chi connectivity index (χ2v) is 7.84. The van der Waals surface area contributed by atoms with Gasteiger partial charge in [-0.15, -0.1) is 12.8 Å². The molecule has 0 unspecified atom stereocenters. The summed E-state index contributed by atoms with van der Waals surface area (Å²) in [4.78, 5) is 0. The summed E-state index contributed by atoms with van der Waals surface area (Å²) >= 11 is 0. The quantitative estimate of drug-likeness (QED) is 0.240. The third-order valence-electron chi connectivity index (χ3n) is 5.08. The maximum Gasteiger partial charge on any atom is 2.00 e. The Kier molecular flexibility index (Phi) is 14.1. The fourth-order valence-electron chi connectivity index (χ4n) is 3.31. The molecule has 2 nitrogen and oxygen atoms in total. The van der Waals surface area contributed by atoms with Gasteiger partial charge in [0, 0.05) is 0 Å². The fraction of sp³-hybridized carbons (Fsp3) is 0.0588. The number of phenolic OH excluding ortho intramolecular Hbond substituents is 2. The Morgan fingerprint density at radius 1 is 0.459 bits per heavy atom. The molecule has 0 saturated heterocycles. The number of phenols is 2. The molecule has 0 aliphatic heterocycles. The van der Waals surface area contributed by atoms with Crippen LogP contribution in [0.3, 0.4) is 0 Å². The number of allylic oxidation sites excluding steroid dienone is 8. The summed E-state index contributed by atoms with van der Waals surface area (Å²) in [6.07, 6.45) is 20.0. The zero-order chi connectivity index (χ0) is 25.3. The van der Waals surface area contributed by atoms with E-state index >= 15 is 0 Å². The molecular weight excluding hydrogens is 532 g/mol. The number of hydrogen-bond donors (Lipinski definition) is 2. The van der Waals surface area contributed by atoms with Crippen LogP contribution in [-0.4, -0.2) is 10.2 Å². The van der Waals surface area contributed by atoms with Gasteiger partial charge in [-0.25, -0.2) is 24.3 Å². The third-order valence-corrected chi connectivity index (χ3v) is 5.08. The molecule has 2 aliphatic carbocycles. The molecule has 0 fully saturated rings. The van der Waals surface area contributed by atoms with Crippen molar-refractivity contribution in [1.29, 1.82) is 0 Å². The average molecular weight is 562 g/mol. The molecule has 0 heterocycles. The number of benzene rings is 4. The first kappa shape index (κ1) is 29.6.